The van der Waals surface area contributed by atoms with Crippen LogP contribution in [0.4, 0.5) is 0 Å². The van der Waals surface area contributed by atoms with Crippen LogP contribution in [0.3, 0.4) is 0 Å². The lowest BCUT2D eigenvalue weighted by Crippen LogP contribution is -2.21. The number of hydrogen-bond donors (Lipinski definition) is 2. The van der Waals surface area contributed by atoms with Crippen molar-refractivity contribution in [3.63, 3.8) is 0 Å². The Hall–Kier alpha value is -1.99. The number of carboxylic acid groups (broad SMARTS) is 2. The van der Waals surface area contributed by atoms with Crippen molar-refractivity contribution in [3.8, 4) is 0 Å². The minimum absolute atomic E-state index is 0.701. The zero-order chi connectivity index (χ0) is 11.1. The van der Waals surface area contributed by atoms with Crippen LogP contribution in [0.2, 0.25) is 0 Å². The molecule has 0 spiro atoms. The molecule has 8 nitrogen and oxygen atoms in total. The van der Waals surface area contributed by atoms with Crippen LogP contribution in [-0.4, -0.2) is 28.1 Å². The third-order valence-electron chi connectivity index (χ3n) is 1.32. The molecular weight excluding hydrogens is 198 g/mol. The third kappa shape index (κ3) is 4.80. The summed E-state index contributed by atoms with van der Waals surface area (Å²) in [6.45, 7) is 0. The molecule has 0 aliphatic heterocycles. The van der Waals surface area contributed by atoms with Crippen molar-refractivity contribution in [1.82, 2.24) is 0 Å². The maximum atomic E-state index is 10.6. The molecule has 0 aromatic rings. The molecule has 1 atom stereocenters. The number of nitrogens with zero attached hydrogens (tertiary/aromatic N) is 1. The number of carbonyl (C=O) groups is 3. The van der Waals surface area contributed by atoms with Crippen LogP contribution >= 0.6 is 0 Å². The van der Waals surface area contributed by atoms with Gasteiger partial charge in [-0.2, -0.15) is 0 Å². The number of hydrogen-bond acceptors (Lipinski definition) is 6. The van der Waals surface area contributed by atoms with Gasteiger partial charge < -0.3 is 10.2 Å². The molecule has 1 unspecified atom stereocenters. The SMILES string of the molecule is O=NOC(=O)CC(CC(=O)O)C(=O)O. The first-order valence-electron chi connectivity index (χ1n) is 3.44. The van der Waals surface area contributed by atoms with Crippen molar-refractivity contribution in [2.75, 3.05) is 0 Å². The largest absolute Gasteiger partial charge is 0.481 e. The smallest absolute Gasteiger partial charge is 0.339 e. The van der Waals surface area contributed by atoms with Gasteiger partial charge in [0.25, 0.3) is 0 Å². The van der Waals surface area contributed by atoms with Crippen LogP contribution in [-0.2, 0) is 19.2 Å². The summed E-state index contributed by atoms with van der Waals surface area (Å²) < 4.78 is 0. The van der Waals surface area contributed by atoms with E-state index in [0.717, 1.165) is 0 Å². The molecule has 8 heteroatoms. The van der Waals surface area contributed by atoms with Crippen LogP contribution < -0.4 is 0 Å². The van der Waals surface area contributed by atoms with Gasteiger partial charge in [0.15, 0.2) is 5.34 Å². The van der Waals surface area contributed by atoms with Gasteiger partial charge in [-0.3, -0.25) is 14.4 Å². The Labute approximate surface area is 77.4 Å². The fourth-order valence-electron chi connectivity index (χ4n) is 0.738. The van der Waals surface area contributed by atoms with Gasteiger partial charge in [-0.05, 0) is 0 Å². The lowest BCUT2D eigenvalue weighted by molar-refractivity contribution is -0.154. The van der Waals surface area contributed by atoms with Crippen molar-refractivity contribution >= 4 is 17.9 Å². The van der Waals surface area contributed by atoms with E-state index >= 15 is 0 Å². The van der Waals surface area contributed by atoms with E-state index in [4.69, 9.17) is 10.2 Å². The van der Waals surface area contributed by atoms with Crippen LogP contribution in [0.1, 0.15) is 12.8 Å². The second kappa shape index (κ2) is 5.62. The topological polar surface area (TPSA) is 130 Å². The molecule has 0 radical (unpaired) electrons. The Morgan fingerprint density at radius 3 is 2.14 bits per heavy atom. The number of aliphatic carboxylic acids is 2. The first kappa shape index (κ1) is 12.0. The van der Waals surface area contributed by atoms with E-state index in [2.05, 4.69) is 4.84 Å². The summed E-state index contributed by atoms with van der Waals surface area (Å²) in [7, 11) is 0. The van der Waals surface area contributed by atoms with Gasteiger partial charge >= 0.3 is 17.9 Å². The average molecular weight is 205 g/mol. The second-order valence-electron chi connectivity index (χ2n) is 2.37. The van der Waals surface area contributed by atoms with Crippen LogP contribution in [0.15, 0.2) is 5.34 Å². The second-order valence-corrected chi connectivity index (χ2v) is 2.37. The first-order valence-corrected chi connectivity index (χ1v) is 3.44. The molecule has 78 valence electrons. The van der Waals surface area contributed by atoms with Crippen molar-refractivity contribution in [2.45, 2.75) is 12.8 Å². The van der Waals surface area contributed by atoms with E-state index in [1.807, 2.05) is 0 Å². The Kier molecular flexibility index (Phi) is 4.82. The Bertz CT molecular complexity index is 261. The normalized spacial score (nSPS) is 11.4. The predicted octanol–water partition coefficient (Wildman–Crippen LogP) is -0.223. The van der Waals surface area contributed by atoms with Gasteiger partial charge in [-0.15, -0.1) is 4.91 Å². The van der Waals surface area contributed by atoms with E-state index in [1.165, 1.54) is 0 Å². The molecule has 2 N–H and O–H groups in total. The molecule has 0 heterocycles. The highest BCUT2D eigenvalue weighted by atomic mass is 16.7. The van der Waals surface area contributed by atoms with Gasteiger partial charge in [-0.1, -0.05) is 0 Å². The number of carbonyl (C=O) groups excluding carboxylic acids is 1. The molecule has 0 bridgehead atoms. The van der Waals surface area contributed by atoms with E-state index < -0.39 is 36.7 Å². The minimum atomic E-state index is -1.45. The van der Waals surface area contributed by atoms with Crippen LogP contribution in [0.5, 0.6) is 0 Å². The standard InChI is InChI=1S/C6H7NO7/c8-4(9)1-3(6(11)12)2-5(10)14-7-13/h3H,1-2H2,(H,8,9)(H,11,12). The molecule has 0 amide bonds. The van der Waals surface area contributed by atoms with Gasteiger partial charge in [0.2, 0.25) is 0 Å². The molecule has 0 rings (SSSR count). The summed E-state index contributed by atoms with van der Waals surface area (Å²) >= 11 is 0. The first-order chi connectivity index (χ1) is 6.47. The minimum Gasteiger partial charge on any atom is -0.481 e. The Morgan fingerprint density at radius 1 is 1.21 bits per heavy atom. The molecule has 14 heavy (non-hydrogen) atoms. The fraction of sp³-hybridized carbons (Fsp3) is 0.500. The molecule has 0 aromatic carbocycles. The van der Waals surface area contributed by atoms with Gasteiger partial charge in [0, 0.05) is 0 Å². The summed E-state index contributed by atoms with van der Waals surface area (Å²) in [4.78, 5) is 44.1. The number of carboxylic acids is 2. The molecule has 0 fully saturated rings. The van der Waals surface area contributed by atoms with Crippen LogP contribution in [0.25, 0.3) is 0 Å². The van der Waals surface area contributed by atoms with Gasteiger partial charge in [0.1, 0.15) is 0 Å². The molecule has 0 saturated heterocycles. The summed E-state index contributed by atoms with van der Waals surface area (Å²) in [6.07, 6.45) is -1.42. The van der Waals surface area contributed by atoms with Crippen molar-refractivity contribution in [3.05, 3.63) is 4.91 Å². The fourth-order valence-corrected chi connectivity index (χ4v) is 0.738. The summed E-state index contributed by atoms with van der Waals surface area (Å²) in [5.41, 5.74) is 0. The molecule has 0 aliphatic rings. The van der Waals surface area contributed by atoms with Gasteiger partial charge in [-0.25, -0.2) is 4.79 Å². The molecule has 0 aliphatic carbocycles. The zero-order valence-electron chi connectivity index (χ0n) is 6.87. The van der Waals surface area contributed by atoms with Crippen molar-refractivity contribution < 1.29 is 29.4 Å². The molecule has 0 saturated carbocycles. The lowest BCUT2D eigenvalue weighted by atomic mass is 10.0. The van der Waals surface area contributed by atoms with E-state index in [1.54, 1.807) is 5.34 Å². The number of rotatable bonds is 6. The highest BCUT2D eigenvalue weighted by Crippen LogP contribution is 2.10. The lowest BCUT2D eigenvalue weighted by Gasteiger charge is -2.05. The van der Waals surface area contributed by atoms with E-state index in [0.29, 0.717) is 0 Å². The highest BCUT2D eigenvalue weighted by Gasteiger charge is 2.25. The van der Waals surface area contributed by atoms with Gasteiger partial charge in [0.05, 0.1) is 18.8 Å². The summed E-state index contributed by atoms with van der Waals surface area (Å²) in [5, 5.41) is 18.5. The van der Waals surface area contributed by atoms with E-state index in [9.17, 15) is 19.3 Å². The molecule has 0 aromatic heterocycles. The summed E-state index contributed by atoms with van der Waals surface area (Å²) in [5.74, 6) is -5.39. The third-order valence-corrected chi connectivity index (χ3v) is 1.32. The highest BCUT2D eigenvalue weighted by molar-refractivity contribution is 5.82. The van der Waals surface area contributed by atoms with E-state index in [-0.39, 0.29) is 0 Å². The maximum Gasteiger partial charge on any atom is 0.339 e. The average Bonchev–Trinajstić information content (AvgIpc) is 2.02. The Balaban J connectivity index is 4.22. The maximum absolute atomic E-state index is 10.6. The van der Waals surface area contributed by atoms with Crippen LogP contribution in [0, 0.1) is 10.8 Å². The Morgan fingerprint density at radius 2 is 1.79 bits per heavy atom. The molecular formula is C6H7NO7. The van der Waals surface area contributed by atoms with Crippen molar-refractivity contribution in [2.24, 2.45) is 11.3 Å². The monoisotopic (exact) mass is 205 g/mol. The predicted molar refractivity (Wildman–Crippen MR) is 39.9 cm³/mol. The zero-order valence-corrected chi connectivity index (χ0v) is 6.87. The summed E-state index contributed by atoms with van der Waals surface area (Å²) in [6, 6.07) is 0. The van der Waals surface area contributed by atoms with Crippen molar-refractivity contribution in [1.29, 1.82) is 0 Å². The quantitative estimate of drug-likeness (QED) is 0.452.